The number of carbonyl (C=O) groups is 2. The summed E-state index contributed by atoms with van der Waals surface area (Å²) in [5.74, 6) is -0.0820. The van der Waals surface area contributed by atoms with E-state index >= 15 is 0 Å². The topological polar surface area (TPSA) is 66.7 Å². The Hall–Kier alpha value is -3.12. The monoisotopic (exact) mass is 437 g/mol. The Morgan fingerprint density at radius 3 is 2.55 bits per heavy atom. The van der Waals surface area contributed by atoms with Crippen LogP contribution in [-0.2, 0) is 11.2 Å². The van der Waals surface area contributed by atoms with E-state index in [4.69, 9.17) is 16.1 Å². The van der Waals surface area contributed by atoms with Crippen molar-refractivity contribution in [3.63, 3.8) is 0 Å². The van der Waals surface area contributed by atoms with Gasteiger partial charge in [-0.25, -0.2) is 0 Å². The van der Waals surface area contributed by atoms with Crippen molar-refractivity contribution in [3.8, 4) is 0 Å². The zero-order valence-corrected chi connectivity index (χ0v) is 18.5. The number of anilines is 2. The van der Waals surface area contributed by atoms with Crippen LogP contribution in [0.1, 0.15) is 55.0 Å². The van der Waals surface area contributed by atoms with Gasteiger partial charge in [-0.3, -0.25) is 9.59 Å². The van der Waals surface area contributed by atoms with Crippen molar-refractivity contribution in [3.05, 3.63) is 76.6 Å². The Kier molecular flexibility index (Phi) is 5.83. The van der Waals surface area contributed by atoms with E-state index in [1.807, 2.05) is 50.2 Å². The van der Waals surface area contributed by atoms with E-state index in [-0.39, 0.29) is 29.7 Å². The first kappa shape index (κ1) is 21.1. The Balaban J connectivity index is 1.76. The highest BCUT2D eigenvalue weighted by atomic mass is 35.5. The molecular formula is C24H24ClN3O3. The maximum atomic E-state index is 13.3. The fraction of sp³-hybridized carbons (Fsp3) is 0.292. The molecule has 1 aliphatic rings. The molecule has 2 heterocycles. The zero-order valence-electron chi connectivity index (χ0n) is 17.7. The van der Waals surface area contributed by atoms with Gasteiger partial charge in [0.05, 0.1) is 11.7 Å². The first-order valence-corrected chi connectivity index (χ1v) is 10.7. The minimum atomic E-state index is -0.230. The van der Waals surface area contributed by atoms with Gasteiger partial charge < -0.3 is 14.3 Å². The van der Waals surface area contributed by atoms with Gasteiger partial charge >= 0.3 is 0 Å². The molecule has 3 aromatic rings. The van der Waals surface area contributed by atoms with Gasteiger partial charge in [0.15, 0.2) is 0 Å². The number of halogens is 1. The van der Waals surface area contributed by atoms with Crippen LogP contribution in [0.25, 0.3) is 0 Å². The van der Waals surface area contributed by atoms with Crippen LogP contribution in [0, 0.1) is 0 Å². The maximum Gasteiger partial charge on any atom is 0.297 e. The number of hydrogen-bond acceptors (Lipinski definition) is 4. The number of aryl methyl sites for hydroxylation is 1. The average molecular weight is 438 g/mol. The van der Waals surface area contributed by atoms with E-state index in [1.54, 1.807) is 34.9 Å². The number of rotatable bonds is 4. The Labute approximate surface area is 186 Å². The van der Waals surface area contributed by atoms with E-state index in [1.165, 1.54) is 0 Å². The van der Waals surface area contributed by atoms with Gasteiger partial charge in [-0.05, 0) is 55.7 Å². The van der Waals surface area contributed by atoms with Crippen molar-refractivity contribution in [2.45, 2.75) is 45.7 Å². The van der Waals surface area contributed by atoms with Crippen LogP contribution in [0.15, 0.2) is 59.1 Å². The minimum Gasteiger partial charge on any atom is -0.351 e. The molecule has 0 N–H and O–H groups in total. The number of aromatic nitrogens is 1. The van der Waals surface area contributed by atoms with Crippen molar-refractivity contribution < 1.29 is 14.1 Å². The second-order valence-corrected chi connectivity index (χ2v) is 8.17. The molecule has 2 atom stereocenters. The molecule has 0 spiro atoms. The molecule has 6 nitrogen and oxygen atoms in total. The normalized spacial score (nSPS) is 17.9. The number of para-hydroxylation sites is 1. The number of hydrogen-bond donors (Lipinski definition) is 0. The lowest BCUT2D eigenvalue weighted by Crippen LogP contribution is -2.47. The average Bonchev–Trinajstić information content (AvgIpc) is 3.24. The van der Waals surface area contributed by atoms with Crippen LogP contribution in [0.2, 0.25) is 5.02 Å². The third-order valence-corrected chi connectivity index (χ3v) is 5.92. The lowest BCUT2D eigenvalue weighted by molar-refractivity contribution is -0.117. The van der Waals surface area contributed by atoms with Crippen LogP contribution < -0.4 is 9.80 Å². The van der Waals surface area contributed by atoms with Crippen LogP contribution >= 0.6 is 11.6 Å². The molecule has 2 amide bonds. The first-order chi connectivity index (χ1) is 14.9. The lowest BCUT2D eigenvalue weighted by atomic mass is 9.89. The molecule has 0 radical (unpaired) electrons. The summed E-state index contributed by atoms with van der Waals surface area (Å²) in [5, 5.41) is 4.57. The molecule has 7 heteroatoms. The molecule has 31 heavy (non-hydrogen) atoms. The summed E-state index contributed by atoms with van der Waals surface area (Å²) in [4.78, 5) is 29.5. The van der Waals surface area contributed by atoms with E-state index in [0.717, 1.165) is 22.6 Å². The second kappa shape index (κ2) is 8.55. The quantitative estimate of drug-likeness (QED) is 0.546. The molecule has 0 aliphatic carbocycles. The molecule has 160 valence electrons. The molecule has 1 aromatic heterocycles. The van der Waals surface area contributed by atoms with Crippen LogP contribution in [0.3, 0.4) is 0 Å². The summed E-state index contributed by atoms with van der Waals surface area (Å²) in [6, 6.07) is 16.3. The molecule has 0 saturated carbocycles. The number of benzene rings is 2. The third kappa shape index (κ3) is 3.95. The van der Waals surface area contributed by atoms with Gasteiger partial charge in [-0.1, -0.05) is 41.9 Å². The van der Waals surface area contributed by atoms with Crippen molar-refractivity contribution >= 4 is 34.8 Å². The van der Waals surface area contributed by atoms with Gasteiger partial charge in [-0.15, -0.1) is 0 Å². The highest BCUT2D eigenvalue weighted by Gasteiger charge is 2.39. The predicted molar refractivity (Wildman–Crippen MR) is 121 cm³/mol. The van der Waals surface area contributed by atoms with E-state index in [0.29, 0.717) is 17.9 Å². The fourth-order valence-corrected chi connectivity index (χ4v) is 4.34. The van der Waals surface area contributed by atoms with Gasteiger partial charge in [0.25, 0.3) is 5.91 Å². The minimum absolute atomic E-state index is 0.0723. The zero-order chi connectivity index (χ0) is 22.1. The molecular weight excluding hydrogens is 414 g/mol. The Morgan fingerprint density at radius 2 is 1.90 bits per heavy atom. The molecule has 2 unspecified atom stereocenters. The first-order valence-electron chi connectivity index (χ1n) is 10.3. The second-order valence-electron chi connectivity index (χ2n) is 7.74. The SMILES string of the molecule is CCc1cc(C(=O)N2c3ccccc3C(N(C(C)=O)c3ccc(Cl)cc3)CC2C)on1. The predicted octanol–water partition coefficient (Wildman–Crippen LogP) is 5.42. The van der Waals surface area contributed by atoms with Gasteiger partial charge in [-0.2, -0.15) is 0 Å². The van der Waals surface area contributed by atoms with Gasteiger partial charge in [0, 0.05) is 35.4 Å². The summed E-state index contributed by atoms with van der Waals surface area (Å²) in [5.41, 5.74) is 3.19. The van der Waals surface area contributed by atoms with E-state index in [9.17, 15) is 9.59 Å². The van der Waals surface area contributed by atoms with E-state index in [2.05, 4.69) is 5.16 Å². The highest BCUT2D eigenvalue weighted by Crippen LogP contribution is 2.42. The summed E-state index contributed by atoms with van der Waals surface area (Å²) in [7, 11) is 0. The van der Waals surface area contributed by atoms with Gasteiger partial charge in [0.1, 0.15) is 0 Å². The van der Waals surface area contributed by atoms with Crippen LogP contribution in [-0.4, -0.2) is 23.0 Å². The van der Waals surface area contributed by atoms with Crippen molar-refractivity contribution in [1.82, 2.24) is 5.16 Å². The summed E-state index contributed by atoms with van der Waals surface area (Å²) < 4.78 is 5.31. The van der Waals surface area contributed by atoms with Crippen LogP contribution in [0.5, 0.6) is 0 Å². The molecule has 2 aromatic carbocycles. The summed E-state index contributed by atoms with van der Waals surface area (Å²) >= 11 is 6.05. The number of carbonyl (C=O) groups excluding carboxylic acids is 2. The smallest absolute Gasteiger partial charge is 0.297 e. The lowest BCUT2D eigenvalue weighted by Gasteiger charge is -2.43. The van der Waals surface area contributed by atoms with Crippen molar-refractivity contribution in [2.75, 3.05) is 9.80 Å². The Morgan fingerprint density at radius 1 is 1.19 bits per heavy atom. The summed E-state index contributed by atoms with van der Waals surface area (Å²) in [6.07, 6.45) is 1.28. The standard InChI is InChI=1S/C24H24ClN3O3/c1-4-18-14-23(31-26-18)24(30)27-15(2)13-22(20-7-5-6-8-21(20)27)28(16(3)29)19-11-9-17(25)10-12-19/h5-12,14-15,22H,4,13H2,1-3H3. The number of fused-ring (bicyclic) bond motifs is 1. The molecule has 0 fully saturated rings. The fourth-order valence-electron chi connectivity index (χ4n) is 4.22. The van der Waals surface area contributed by atoms with Gasteiger partial charge in [0.2, 0.25) is 11.7 Å². The highest BCUT2D eigenvalue weighted by molar-refractivity contribution is 6.30. The largest absolute Gasteiger partial charge is 0.351 e. The van der Waals surface area contributed by atoms with E-state index < -0.39 is 0 Å². The molecule has 0 bridgehead atoms. The number of nitrogens with zero attached hydrogens (tertiary/aromatic N) is 3. The third-order valence-electron chi connectivity index (χ3n) is 5.67. The maximum absolute atomic E-state index is 13.3. The summed E-state index contributed by atoms with van der Waals surface area (Å²) in [6.45, 7) is 5.50. The van der Waals surface area contributed by atoms with Crippen LogP contribution in [0.4, 0.5) is 11.4 Å². The molecule has 1 aliphatic heterocycles. The molecule has 0 saturated heterocycles. The molecule has 4 rings (SSSR count). The van der Waals surface area contributed by atoms with Crippen molar-refractivity contribution in [2.24, 2.45) is 0 Å². The Bertz CT molecular complexity index is 1110. The van der Waals surface area contributed by atoms with Crippen molar-refractivity contribution in [1.29, 1.82) is 0 Å². The number of amides is 2.